The van der Waals surface area contributed by atoms with Gasteiger partial charge in [0.25, 0.3) is 5.91 Å². The normalized spacial score (nSPS) is 17.1. The molecule has 1 amide bonds. The van der Waals surface area contributed by atoms with E-state index in [9.17, 15) is 9.59 Å². The van der Waals surface area contributed by atoms with Crippen LogP contribution in [0.2, 0.25) is 0 Å². The van der Waals surface area contributed by atoms with Gasteiger partial charge >= 0.3 is 0 Å². The number of hydrogen-bond acceptors (Lipinski definition) is 6. The summed E-state index contributed by atoms with van der Waals surface area (Å²) in [5.74, 6) is 0.719. The summed E-state index contributed by atoms with van der Waals surface area (Å²) < 4.78 is 3.38. The zero-order chi connectivity index (χ0) is 18.8. The highest BCUT2D eigenvalue weighted by atomic mass is 16.2. The quantitative estimate of drug-likeness (QED) is 0.643. The Morgan fingerprint density at radius 2 is 1.96 bits per heavy atom. The third-order valence-corrected chi connectivity index (χ3v) is 4.80. The van der Waals surface area contributed by atoms with Crippen molar-refractivity contribution in [3.05, 3.63) is 54.8 Å². The number of hydrogen-bond donors (Lipinski definition) is 0. The molecule has 138 valence electrons. The maximum absolute atomic E-state index is 12.8. The molecule has 0 unspecified atom stereocenters. The van der Waals surface area contributed by atoms with Gasteiger partial charge in [-0.05, 0) is 25.0 Å². The second-order valence-corrected chi connectivity index (χ2v) is 6.59. The lowest BCUT2D eigenvalue weighted by Gasteiger charge is -2.31. The lowest BCUT2D eigenvalue weighted by atomic mass is 9.93. The summed E-state index contributed by atoms with van der Waals surface area (Å²) in [7, 11) is 1.80. The molecule has 1 saturated heterocycles. The number of pyridine rings is 1. The molecular weight excluding hydrogens is 346 g/mol. The van der Waals surface area contributed by atoms with Gasteiger partial charge in [0, 0.05) is 44.6 Å². The number of ketones is 1. The summed E-state index contributed by atoms with van der Waals surface area (Å²) in [6.45, 7) is 1.04. The molecule has 1 aliphatic rings. The van der Waals surface area contributed by atoms with E-state index in [1.165, 1.54) is 0 Å². The number of rotatable bonds is 4. The first-order valence-corrected chi connectivity index (χ1v) is 8.75. The van der Waals surface area contributed by atoms with Crippen molar-refractivity contribution in [3.63, 3.8) is 0 Å². The van der Waals surface area contributed by atoms with Crippen LogP contribution in [-0.4, -0.2) is 59.0 Å². The van der Waals surface area contributed by atoms with Crippen LogP contribution in [0.25, 0.3) is 5.82 Å². The van der Waals surface area contributed by atoms with Gasteiger partial charge in [0.15, 0.2) is 5.82 Å². The van der Waals surface area contributed by atoms with E-state index in [4.69, 9.17) is 0 Å². The van der Waals surface area contributed by atoms with Crippen molar-refractivity contribution in [3.8, 4) is 5.82 Å². The maximum Gasteiger partial charge on any atom is 0.255 e. The third-order valence-electron chi connectivity index (χ3n) is 4.80. The number of Topliss-reactive ketones (excluding diaryl/α,β-unsaturated/α-hetero) is 1. The van der Waals surface area contributed by atoms with Gasteiger partial charge in [-0.15, -0.1) is 10.2 Å². The molecule has 27 heavy (non-hydrogen) atoms. The molecule has 0 spiro atoms. The van der Waals surface area contributed by atoms with E-state index < -0.39 is 0 Å². The lowest BCUT2D eigenvalue weighted by Crippen LogP contribution is -2.42. The average molecular weight is 365 g/mol. The van der Waals surface area contributed by atoms with E-state index in [1.807, 2.05) is 0 Å². The van der Waals surface area contributed by atoms with E-state index in [1.54, 1.807) is 64.5 Å². The second-order valence-electron chi connectivity index (χ2n) is 6.59. The fourth-order valence-electron chi connectivity index (χ4n) is 3.33. The van der Waals surface area contributed by atoms with Gasteiger partial charge in [0.2, 0.25) is 5.78 Å². The number of carbonyl (C=O) groups is 2. The van der Waals surface area contributed by atoms with Gasteiger partial charge in [-0.2, -0.15) is 0 Å². The molecular formula is C18H19N7O2. The van der Waals surface area contributed by atoms with Gasteiger partial charge in [-0.3, -0.25) is 14.2 Å². The monoisotopic (exact) mass is 365 g/mol. The zero-order valence-corrected chi connectivity index (χ0v) is 14.9. The Morgan fingerprint density at radius 1 is 1.15 bits per heavy atom. The van der Waals surface area contributed by atoms with Crippen LogP contribution in [0, 0.1) is 5.92 Å². The number of nitrogens with zero attached hydrogens (tertiary/aromatic N) is 7. The van der Waals surface area contributed by atoms with Crippen LogP contribution in [0.3, 0.4) is 0 Å². The van der Waals surface area contributed by atoms with Crippen molar-refractivity contribution in [2.45, 2.75) is 12.8 Å². The van der Waals surface area contributed by atoms with Gasteiger partial charge < -0.3 is 9.47 Å². The fourth-order valence-corrected chi connectivity index (χ4v) is 3.33. The Kier molecular flexibility index (Phi) is 4.49. The summed E-state index contributed by atoms with van der Waals surface area (Å²) in [6.07, 6.45) is 9.55. The van der Waals surface area contributed by atoms with Crippen LogP contribution >= 0.6 is 0 Å². The number of carbonyl (C=O) groups excluding carboxylic acids is 2. The average Bonchev–Trinajstić information content (AvgIpc) is 3.39. The number of imidazole rings is 1. The Balaban J connectivity index is 1.47. The van der Waals surface area contributed by atoms with Crippen molar-refractivity contribution < 1.29 is 9.59 Å². The minimum Gasteiger partial charge on any atom is -0.338 e. The molecule has 0 saturated carbocycles. The topological polar surface area (TPSA) is 98.8 Å². The number of amides is 1. The van der Waals surface area contributed by atoms with E-state index in [2.05, 4.69) is 20.2 Å². The van der Waals surface area contributed by atoms with E-state index in [0.717, 1.165) is 12.8 Å². The van der Waals surface area contributed by atoms with E-state index >= 15 is 0 Å². The predicted molar refractivity (Wildman–Crippen MR) is 95.3 cm³/mol. The Hall–Kier alpha value is -3.36. The zero-order valence-electron chi connectivity index (χ0n) is 14.9. The van der Waals surface area contributed by atoms with Gasteiger partial charge in [-0.25, -0.2) is 9.97 Å². The van der Waals surface area contributed by atoms with Crippen LogP contribution in [-0.2, 0) is 7.05 Å². The van der Waals surface area contributed by atoms with Gasteiger partial charge in [-0.1, -0.05) is 0 Å². The number of aromatic nitrogens is 6. The highest BCUT2D eigenvalue weighted by Gasteiger charge is 2.31. The lowest BCUT2D eigenvalue weighted by molar-refractivity contribution is 0.0632. The Bertz CT molecular complexity index is 947. The van der Waals surface area contributed by atoms with Gasteiger partial charge in [0.05, 0.1) is 5.56 Å². The SMILES string of the molecule is Cn1ccnc1C(=O)[C@H]1CCCN(C(=O)c2ccc(-n3cnnc3)nc2)C1. The van der Waals surface area contributed by atoms with Crippen molar-refractivity contribution >= 4 is 11.7 Å². The van der Waals surface area contributed by atoms with Crippen LogP contribution in [0.5, 0.6) is 0 Å². The molecule has 9 heteroatoms. The first kappa shape index (κ1) is 17.1. The predicted octanol–water partition coefficient (Wildman–Crippen LogP) is 1.13. The molecule has 3 aromatic rings. The maximum atomic E-state index is 12.8. The Morgan fingerprint density at radius 3 is 2.63 bits per heavy atom. The van der Waals surface area contributed by atoms with Crippen LogP contribution in [0.1, 0.15) is 33.8 Å². The van der Waals surface area contributed by atoms with E-state index in [-0.39, 0.29) is 17.6 Å². The molecule has 3 aromatic heterocycles. The minimum atomic E-state index is -0.229. The molecule has 1 atom stereocenters. The smallest absolute Gasteiger partial charge is 0.255 e. The Labute approximate surface area is 155 Å². The van der Waals surface area contributed by atoms with Crippen molar-refractivity contribution in [2.75, 3.05) is 13.1 Å². The third kappa shape index (κ3) is 3.35. The first-order valence-electron chi connectivity index (χ1n) is 8.75. The molecule has 0 bridgehead atoms. The molecule has 9 nitrogen and oxygen atoms in total. The van der Waals surface area contributed by atoms with E-state index in [0.29, 0.717) is 30.3 Å². The first-order chi connectivity index (χ1) is 13.1. The second kappa shape index (κ2) is 7.10. The number of aryl methyl sites for hydroxylation is 1. The molecule has 1 aliphatic heterocycles. The molecule has 0 aromatic carbocycles. The minimum absolute atomic E-state index is 0.0129. The highest BCUT2D eigenvalue weighted by Crippen LogP contribution is 2.22. The molecule has 0 radical (unpaired) electrons. The molecule has 4 heterocycles. The molecule has 4 rings (SSSR count). The molecule has 0 N–H and O–H groups in total. The summed E-state index contributed by atoms with van der Waals surface area (Å²) in [5.41, 5.74) is 0.497. The van der Waals surface area contributed by atoms with Crippen LogP contribution in [0.15, 0.2) is 43.4 Å². The highest BCUT2D eigenvalue weighted by molar-refractivity contribution is 5.97. The molecule has 0 aliphatic carbocycles. The summed E-state index contributed by atoms with van der Waals surface area (Å²) in [4.78, 5) is 35.7. The standard InChI is InChI=1S/C18H19N7O2/c1-23-8-6-19-17(23)16(26)14-3-2-7-24(10-14)18(27)13-4-5-15(20-9-13)25-11-21-22-12-25/h4-6,8-9,11-12,14H,2-3,7,10H2,1H3/t14-/m0/s1. The largest absolute Gasteiger partial charge is 0.338 e. The van der Waals surface area contributed by atoms with Crippen molar-refractivity contribution in [2.24, 2.45) is 13.0 Å². The number of likely N-dealkylation sites (tertiary alicyclic amines) is 1. The number of piperidine rings is 1. The van der Waals surface area contributed by atoms with Crippen molar-refractivity contribution in [1.29, 1.82) is 0 Å². The summed E-state index contributed by atoms with van der Waals surface area (Å²) >= 11 is 0. The fraction of sp³-hybridized carbons (Fsp3) is 0.333. The van der Waals surface area contributed by atoms with Gasteiger partial charge in [0.1, 0.15) is 18.5 Å². The van der Waals surface area contributed by atoms with Crippen molar-refractivity contribution in [1.82, 2.24) is 34.2 Å². The molecule has 1 fully saturated rings. The van der Waals surface area contributed by atoms with Crippen LogP contribution in [0.4, 0.5) is 0 Å². The summed E-state index contributed by atoms with van der Waals surface area (Å²) in [6, 6.07) is 3.48. The van der Waals surface area contributed by atoms with Crippen LogP contribution < -0.4 is 0 Å². The summed E-state index contributed by atoms with van der Waals surface area (Å²) in [5, 5.41) is 7.48.